The van der Waals surface area contributed by atoms with Crippen LogP contribution in [0.25, 0.3) is 0 Å². The predicted octanol–water partition coefficient (Wildman–Crippen LogP) is 4.56. The van der Waals surface area contributed by atoms with Crippen LogP contribution in [0.2, 0.25) is 0 Å². The lowest BCUT2D eigenvalue weighted by atomic mass is 9.83. The quantitative estimate of drug-likeness (QED) is 0.762. The minimum Gasteiger partial charge on any atom is -0.197 e. The highest BCUT2D eigenvalue weighted by atomic mass is 32.2. The Balaban J connectivity index is 2.10. The lowest BCUT2D eigenvalue weighted by molar-refractivity contribution is 0.358. The molecule has 0 radical (unpaired) electrons. The molecule has 0 aliphatic heterocycles. The van der Waals surface area contributed by atoms with E-state index in [0.29, 0.717) is 0 Å². The molecule has 1 aliphatic rings. The van der Waals surface area contributed by atoms with Gasteiger partial charge >= 0.3 is 0 Å². The zero-order valence-corrected chi connectivity index (χ0v) is 11.4. The zero-order valence-electron chi connectivity index (χ0n) is 10.6. The Morgan fingerprint density at radius 2 is 1.82 bits per heavy atom. The first-order valence-corrected chi connectivity index (χ1v) is 7.12. The molecule has 1 fully saturated rings. The van der Waals surface area contributed by atoms with Gasteiger partial charge in [-0.3, -0.25) is 0 Å². The largest absolute Gasteiger partial charge is 0.197 e. The molecule has 0 saturated heterocycles. The maximum Gasteiger partial charge on any atom is 0.107 e. The van der Waals surface area contributed by atoms with Crippen LogP contribution in [-0.4, -0.2) is 4.75 Å². The number of benzene rings is 1. The van der Waals surface area contributed by atoms with Gasteiger partial charge in [-0.05, 0) is 50.7 Å². The van der Waals surface area contributed by atoms with Gasteiger partial charge in [0, 0.05) is 4.90 Å². The molecule has 2 heteroatoms. The molecule has 0 aromatic heterocycles. The third-order valence-corrected chi connectivity index (χ3v) is 5.02. The van der Waals surface area contributed by atoms with Crippen LogP contribution in [0, 0.1) is 24.2 Å². The zero-order chi connectivity index (χ0) is 12.3. The van der Waals surface area contributed by atoms with Crippen LogP contribution in [-0.2, 0) is 0 Å². The lowest BCUT2D eigenvalue weighted by Gasteiger charge is -2.33. The highest BCUT2D eigenvalue weighted by Crippen LogP contribution is 2.44. The summed E-state index contributed by atoms with van der Waals surface area (Å²) in [4.78, 5) is 1.23. The van der Waals surface area contributed by atoms with Gasteiger partial charge in [0.15, 0.2) is 0 Å². The third-order valence-electron chi connectivity index (χ3n) is 3.62. The number of nitriles is 1. The summed E-state index contributed by atoms with van der Waals surface area (Å²) in [6.07, 6.45) is 4.44. The van der Waals surface area contributed by atoms with Crippen LogP contribution in [0.5, 0.6) is 0 Å². The minimum absolute atomic E-state index is 0.179. The highest BCUT2D eigenvalue weighted by Gasteiger charge is 2.35. The van der Waals surface area contributed by atoms with E-state index in [4.69, 9.17) is 0 Å². The average molecular weight is 245 g/mol. The van der Waals surface area contributed by atoms with Crippen LogP contribution in [0.15, 0.2) is 29.2 Å². The second kappa shape index (κ2) is 5.14. The van der Waals surface area contributed by atoms with Gasteiger partial charge in [0.1, 0.15) is 4.75 Å². The van der Waals surface area contributed by atoms with E-state index >= 15 is 0 Å². The first-order valence-electron chi connectivity index (χ1n) is 6.30. The summed E-state index contributed by atoms with van der Waals surface area (Å²) < 4.78 is -0.179. The predicted molar refractivity (Wildman–Crippen MR) is 73.0 cm³/mol. The number of aryl methyl sites for hydroxylation is 1. The van der Waals surface area contributed by atoms with Crippen LogP contribution in [0.1, 0.15) is 38.2 Å². The van der Waals surface area contributed by atoms with E-state index < -0.39 is 0 Å². The fraction of sp³-hybridized carbons (Fsp3) is 0.533. The summed E-state index contributed by atoms with van der Waals surface area (Å²) in [7, 11) is 0. The Hall–Kier alpha value is -0.940. The third kappa shape index (κ3) is 3.04. The summed E-state index contributed by atoms with van der Waals surface area (Å²) >= 11 is 1.76. The van der Waals surface area contributed by atoms with Crippen molar-refractivity contribution in [3.8, 4) is 6.07 Å². The molecule has 0 amide bonds. The molecule has 1 aliphatic carbocycles. The van der Waals surface area contributed by atoms with Crippen LogP contribution >= 0.6 is 11.8 Å². The van der Waals surface area contributed by atoms with E-state index in [9.17, 15) is 5.26 Å². The van der Waals surface area contributed by atoms with Gasteiger partial charge in [-0.2, -0.15) is 5.26 Å². The summed E-state index contributed by atoms with van der Waals surface area (Å²) in [5.74, 6) is 0.787. The molecule has 0 unspecified atom stereocenters. The monoisotopic (exact) mass is 245 g/mol. The Kier molecular flexibility index (Phi) is 3.79. The highest BCUT2D eigenvalue weighted by molar-refractivity contribution is 8.01. The van der Waals surface area contributed by atoms with Crippen molar-refractivity contribution in [2.45, 2.75) is 49.2 Å². The van der Waals surface area contributed by atoms with E-state index in [0.717, 1.165) is 18.8 Å². The standard InChI is InChI=1S/C15H19NS/c1-12-3-5-14(6-4-12)17-15(11-16)9-7-13(2)8-10-15/h3-6,13H,7-10H2,1-2H3. The first kappa shape index (κ1) is 12.5. The van der Waals surface area contributed by atoms with Crippen molar-refractivity contribution < 1.29 is 0 Å². The molecule has 1 saturated carbocycles. The van der Waals surface area contributed by atoms with Crippen molar-refractivity contribution >= 4 is 11.8 Å². The molecular formula is C15H19NS. The molecule has 90 valence electrons. The van der Waals surface area contributed by atoms with Crippen LogP contribution in [0.3, 0.4) is 0 Å². The second-order valence-electron chi connectivity index (χ2n) is 5.20. The van der Waals surface area contributed by atoms with E-state index in [1.807, 2.05) is 0 Å². The Labute approximate surface area is 108 Å². The van der Waals surface area contributed by atoms with Crippen molar-refractivity contribution in [3.05, 3.63) is 29.8 Å². The molecule has 1 aromatic rings. The van der Waals surface area contributed by atoms with Crippen molar-refractivity contribution in [2.24, 2.45) is 5.92 Å². The fourth-order valence-electron chi connectivity index (χ4n) is 2.30. The maximum atomic E-state index is 9.47. The van der Waals surface area contributed by atoms with Gasteiger partial charge in [0.2, 0.25) is 0 Å². The Morgan fingerprint density at radius 3 is 2.35 bits per heavy atom. The van der Waals surface area contributed by atoms with Crippen molar-refractivity contribution in [3.63, 3.8) is 0 Å². The van der Waals surface area contributed by atoms with Crippen molar-refractivity contribution in [1.29, 1.82) is 5.26 Å². The molecule has 1 nitrogen and oxygen atoms in total. The second-order valence-corrected chi connectivity index (χ2v) is 6.66. The summed E-state index contributed by atoms with van der Waals surface area (Å²) in [5, 5.41) is 9.47. The summed E-state index contributed by atoms with van der Waals surface area (Å²) in [6, 6.07) is 11.1. The molecule has 0 bridgehead atoms. The SMILES string of the molecule is Cc1ccc(SC2(C#N)CCC(C)CC2)cc1. The van der Waals surface area contributed by atoms with E-state index in [-0.39, 0.29) is 4.75 Å². The number of thioether (sulfide) groups is 1. The van der Waals surface area contributed by atoms with Gasteiger partial charge in [0.05, 0.1) is 6.07 Å². The van der Waals surface area contributed by atoms with Gasteiger partial charge in [-0.15, -0.1) is 11.8 Å². The molecule has 0 spiro atoms. The van der Waals surface area contributed by atoms with Crippen LogP contribution < -0.4 is 0 Å². The maximum absolute atomic E-state index is 9.47. The first-order chi connectivity index (χ1) is 8.13. The molecule has 0 atom stereocenters. The van der Waals surface area contributed by atoms with Crippen molar-refractivity contribution in [2.75, 3.05) is 0 Å². The van der Waals surface area contributed by atoms with E-state index in [2.05, 4.69) is 44.2 Å². The number of nitrogens with zero attached hydrogens (tertiary/aromatic N) is 1. The number of rotatable bonds is 2. The van der Waals surface area contributed by atoms with Gasteiger partial charge in [-0.25, -0.2) is 0 Å². The molecule has 0 heterocycles. The normalized spacial score (nSPS) is 28.6. The van der Waals surface area contributed by atoms with E-state index in [1.54, 1.807) is 11.8 Å². The summed E-state index contributed by atoms with van der Waals surface area (Å²) in [5.41, 5.74) is 1.28. The summed E-state index contributed by atoms with van der Waals surface area (Å²) in [6.45, 7) is 4.38. The molecule has 17 heavy (non-hydrogen) atoms. The number of hydrogen-bond donors (Lipinski definition) is 0. The molecule has 2 rings (SSSR count). The van der Waals surface area contributed by atoms with Crippen LogP contribution in [0.4, 0.5) is 0 Å². The van der Waals surface area contributed by atoms with Crippen molar-refractivity contribution in [1.82, 2.24) is 0 Å². The minimum atomic E-state index is -0.179. The molecule has 0 N–H and O–H groups in total. The number of hydrogen-bond acceptors (Lipinski definition) is 2. The molecular weight excluding hydrogens is 226 g/mol. The van der Waals surface area contributed by atoms with Gasteiger partial charge < -0.3 is 0 Å². The Bertz CT molecular complexity index is 408. The fourth-order valence-corrected chi connectivity index (χ4v) is 3.51. The topological polar surface area (TPSA) is 23.8 Å². The van der Waals surface area contributed by atoms with Gasteiger partial charge in [0.25, 0.3) is 0 Å². The lowest BCUT2D eigenvalue weighted by Crippen LogP contribution is -2.28. The Morgan fingerprint density at radius 1 is 1.24 bits per heavy atom. The average Bonchev–Trinajstić information content (AvgIpc) is 2.35. The van der Waals surface area contributed by atoms with Gasteiger partial charge in [-0.1, -0.05) is 24.6 Å². The van der Waals surface area contributed by atoms with E-state index in [1.165, 1.54) is 23.3 Å². The smallest absolute Gasteiger partial charge is 0.107 e. The molecule has 1 aromatic carbocycles.